The minimum atomic E-state index is -3.39. The van der Waals surface area contributed by atoms with Crippen molar-refractivity contribution in [1.82, 2.24) is 4.31 Å². The van der Waals surface area contributed by atoms with E-state index in [1.165, 1.54) is 14.1 Å². The van der Waals surface area contributed by atoms with Gasteiger partial charge in [0.1, 0.15) is 0 Å². The van der Waals surface area contributed by atoms with E-state index in [1.807, 2.05) is 0 Å². The van der Waals surface area contributed by atoms with Crippen molar-refractivity contribution in [2.45, 2.75) is 11.7 Å². The summed E-state index contributed by atoms with van der Waals surface area (Å²) in [7, 11) is -3.68. The van der Waals surface area contributed by atoms with Gasteiger partial charge in [0.2, 0.25) is 10.0 Å². The second-order valence-electron chi connectivity index (χ2n) is 3.35. The summed E-state index contributed by atoms with van der Waals surface area (Å²) in [6.07, 6.45) is 0.225. The average molecular weight is 227 g/mol. The molecule has 0 saturated carbocycles. The Kier molecular flexibility index (Phi) is 2.70. The molecule has 1 heterocycles. The Bertz CT molecular complexity index is 381. The zero-order chi connectivity index (χ0) is 10.3. The SMILES string of the molecule is CN(C)S(=O)(=O)C1CCS(=O)(=O)C1. The van der Waals surface area contributed by atoms with E-state index in [9.17, 15) is 16.8 Å². The largest absolute Gasteiger partial charge is 0.229 e. The fourth-order valence-electron chi connectivity index (χ4n) is 1.29. The molecule has 1 fully saturated rings. The van der Waals surface area contributed by atoms with Gasteiger partial charge in [-0.15, -0.1) is 0 Å². The molecule has 1 aliphatic heterocycles. The maximum absolute atomic E-state index is 11.5. The summed E-state index contributed by atoms with van der Waals surface area (Å²) in [5, 5.41) is -0.743. The zero-order valence-corrected chi connectivity index (χ0v) is 9.23. The summed E-state index contributed by atoms with van der Waals surface area (Å²) in [5.74, 6) is -0.238. The average Bonchev–Trinajstić information content (AvgIpc) is 2.30. The molecule has 0 amide bonds. The quantitative estimate of drug-likeness (QED) is 0.610. The van der Waals surface area contributed by atoms with Crippen LogP contribution in [0.5, 0.6) is 0 Å². The molecule has 0 spiro atoms. The van der Waals surface area contributed by atoms with E-state index in [1.54, 1.807) is 0 Å². The van der Waals surface area contributed by atoms with Crippen LogP contribution in [0.2, 0.25) is 0 Å². The highest BCUT2D eigenvalue weighted by molar-refractivity contribution is 7.95. The third kappa shape index (κ3) is 2.21. The zero-order valence-electron chi connectivity index (χ0n) is 7.60. The first-order chi connectivity index (χ1) is 5.76. The molecule has 0 aromatic rings. The van der Waals surface area contributed by atoms with Crippen LogP contribution >= 0.6 is 0 Å². The van der Waals surface area contributed by atoms with E-state index in [0.717, 1.165) is 4.31 Å². The van der Waals surface area contributed by atoms with Gasteiger partial charge in [0, 0.05) is 14.1 Å². The Morgan fingerprint density at radius 3 is 2.15 bits per heavy atom. The van der Waals surface area contributed by atoms with Crippen LogP contribution in [0.15, 0.2) is 0 Å². The number of nitrogens with zero attached hydrogens (tertiary/aromatic N) is 1. The Morgan fingerprint density at radius 2 is 1.85 bits per heavy atom. The first-order valence-electron chi connectivity index (χ1n) is 3.87. The summed E-state index contributed by atoms with van der Waals surface area (Å²) in [5.41, 5.74) is 0. The van der Waals surface area contributed by atoms with Gasteiger partial charge in [-0.05, 0) is 6.42 Å². The second-order valence-corrected chi connectivity index (χ2v) is 8.01. The predicted molar refractivity (Wildman–Crippen MR) is 49.7 cm³/mol. The van der Waals surface area contributed by atoms with Crippen molar-refractivity contribution in [3.05, 3.63) is 0 Å². The van der Waals surface area contributed by atoms with Crippen molar-refractivity contribution in [2.75, 3.05) is 25.6 Å². The van der Waals surface area contributed by atoms with E-state index < -0.39 is 25.1 Å². The smallest absolute Gasteiger partial charge is 0.217 e. The van der Waals surface area contributed by atoms with E-state index >= 15 is 0 Å². The van der Waals surface area contributed by atoms with Gasteiger partial charge in [0.15, 0.2) is 9.84 Å². The van der Waals surface area contributed by atoms with Crippen LogP contribution in [0, 0.1) is 0 Å². The van der Waals surface area contributed by atoms with E-state index in [-0.39, 0.29) is 17.9 Å². The molecule has 5 nitrogen and oxygen atoms in total. The van der Waals surface area contributed by atoms with Gasteiger partial charge in [-0.25, -0.2) is 21.1 Å². The first kappa shape index (κ1) is 10.9. The molecular formula is C6H13NO4S2. The number of rotatable bonds is 2. The molecule has 1 rings (SSSR count). The van der Waals surface area contributed by atoms with Crippen LogP contribution in [0.1, 0.15) is 6.42 Å². The van der Waals surface area contributed by atoms with Gasteiger partial charge in [-0.1, -0.05) is 0 Å². The summed E-state index contributed by atoms with van der Waals surface area (Å²) in [6, 6.07) is 0. The van der Waals surface area contributed by atoms with Gasteiger partial charge in [-0.3, -0.25) is 0 Å². The third-order valence-corrected chi connectivity index (χ3v) is 6.36. The second kappa shape index (κ2) is 3.21. The van der Waals surface area contributed by atoms with Crippen molar-refractivity contribution in [3.8, 4) is 0 Å². The summed E-state index contributed by atoms with van der Waals surface area (Å²) in [6.45, 7) is 0. The molecule has 0 radical (unpaired) electrons. The number of sulfonamides is 1. The summed E-state index contributed by atoms with van der Waals surface area (Å²) < 4.78 is 46.1. The van der Waals surface area contributed by atoms with Crippen molar-refractivity contribution in [1.29, 1.82) is 0 Å². The molecule has 78 valence electrons. The highest BCUT2D eigenvalue weighted by atomic mass is 32.2. The van der Waals surface area contributed by atoms with Crippen molar-refractivity contribution < 1.29 is 16.8 Å². The molecule has 1 aliphatic rings. The van der Waals surface area contributed by atoms with Gasteiger partial charge < -0.3 is 0 Å². The molecule has 0 aromatic carbocycles. The van der Waals surface area contributed by atoms with Crippen LogP contribution in [0.25, 0.3) is 0 Å². The maximum Gasteiger partial charge on any atom is 0.217 e. The standard InChI is InChI=1S/C6H13NO4S2/c1-7(2)13(10,11)6-3-4-12(8,9)5-6/h6H,3-5H2,1-2H3. The van der Waals surface area contributed by atoms with Gasteiger partial charge >= 0.3 is 0 Å². The third-order valence-electron chi connectivity index (χ3n) is 2.12. The Labute approximate surface area is 78.7 Å². The molecule has 1 atom stereocenters. The van der Waals surface area contributed by atoms with Crippen molar-refractivity contribution in [2.24, 2.45) is 0 Å². The molecule has 0 N–H and O–H groups in total. The topological polar surface area (TPSA) is 71.5 Å². The van der Waals surface area contributed by atoms with Crippen LogP contribution in [-0.2, 0) is 19.9 Å². The molecule has 7 heteroatoms. The summed E-state index contributed by atoms with van der Waals surface area (Å²) in [4.78, 5) is 0. The lowest BCUT2D eigenvalue weighted by molar-refractivity contribution is 0.508. The lowest BCUT2D eigenvalue weighted by atomic mass is 10.4. The molecule has 1 saturated heterocycles. The summed E-state index contributed by atoms with van der Waals surface area (Å²) >= 11 is 0. The first-order valence-corrected chi connectivity index (χ1v) is 7.20. The van der Waals surface area contributed by atoms with Gasteiger partial charge in [-0.2, -0.15) is 0 Å². The van der Waals surface area contributed by atoms with E-state index in [0.29, 0.717) is 0 Å². The van der Waals surface area contributed by atoms with Crippen molar-refractivity contribution in [3.63, 3.8) is 0 Å². The Hall–Kier alpha value is -0.140. The van der Waals surface area contributed by atoms with Crippen LogP contribution in [0.3, 0.4) is 0 Å². The molecule has 0 aliphatic carbocycles. The van der Waals surface area contributed by atoms with Gasteiger partial charge in [0.05, 0.1) is 16.8 Å². The number of sulfone groups is 1. The highest BCUT2D eigenvalue weighted by Crippen LogP contribution is 2.20. The maximum atomic E-state index is 11.5. The normalized spacial score (nSPS) is 28.1. The lowest BCUT2D eigenvalue weighted by Crippen LogP contribution is -2.34. The van der Waals surface area contributed by atoms with Crippen LogP contribution < -0.4 is 0 Å². The Balaban J connectivity index is 2.90. The minimum Gasteiger partial charge on any atom is -0.229 e. The number of hydrogen-bond donors (Lipinski definition) is 0. The molecule has 13 heavy (non-hydrogen) atoms. The number of hydrogen-bond acceptors (Lipinski definition) is 4. The Morgan fingerprint density at radius 1 is 1.31 bits per heavy atom. The molecule has 0 bridgehead atoms. The van der Waals surface area contributed by atoms with E-state index in [4.69, 9.17) is 0 Å². The predicted octanol–water partition coefficient (Wildman–Crippen LogP) is -0.935. The highest BCUT2D eigenvalue weighted by Gasteiger charge is 2.38. The monoisotopic (exact) mass is 227 g/mol. The van der Waals surface area contributed by atoms with Crippen molar-refractivity contribution >= 4 is 19.9 Å². The van der Waals surface area contributed by atoms with Gasteiger partial charge in [0.25, 0.3) is 0 Å². The minimum absolute atomic E-state index is 0.00919. The molecular weight excluding hydrogens is 214 g/mol. The lowest BCUT2D eigenvalue weighted by Gasteiger charge is -2.15. The van der Waals surface area contributed by atoms with E-state index in [2.05, 4.69) is 0 Å². The fraction of sp³-hybridized carbons (Fsp3) is 1.00. The van der Waals surface area contributed by atoms with Crippen LogP contribution in [-0.4, -0.2) is 52.0 Å². The molecule has 0 aromatic heterocycles. The fourth-order valence-corrected chi connectivity index (χ4v) is 5.31. The molecule has 1 unspecified atom stereocenters. The van der Waals surface area contributed by atoms with Crippen LogP contribution in [0.4, 0.5) is 0 Å².